The number of hydrogen-bond donors (Lipinski definition) is 2. The highest BCUT2D eigenvalue weighted by atomic mass is 19.1. The first-order valence-corrected chi connectivity index (χ1v) is 5.15. The van der Waals surface area contributed by atoms with E-state index in [1.807, 2.05) is 13.1 Å². The van der Waals surface area contributed by atoms with E-state index < -0.39 is 0 Å². The standard InChI is InChI=1S/C12H14FN3/c1-8-5-9(3-4-11(8)13)10-6-15-16-12(10)7-14-2/h3-6,14H,7H2,1-2H3,(H,15,16). The average molecular weight is 219 g/mol. The normalized spacial score (nSPS) is 10.7. The van der Waals surface area contributed by atoms with Crippen LogP contribution in [0.15, 0.2) is 24.4 Å². The Hall–Kier alpha value is -1.68. The lowest BCUT2D eigenvalue weighted by molar-refractivity contribution is 0.619. The van der Waals surface area contributed by atoms with Crippen LogP contribution >= 0.6 is 0 Å². The molecular weight excluding hydrogens is 205 g/mol. The van der Waals surface area contributed by atoms with E-state index >= 15 is 0 Å². The number of nitrogens with one attached hydrogen (secondary N) is 2. The predicted octanol–water partition coefficient (Wildman–Crippen LogP) is 2.24. The van der Waals surface area contributed by atoms with Gasteiger partial charge < -0.3 is 5.32 Å². The van der Waals surface area contributed by atoms with Crippen molar-refractivity contribution >= 4 is 0 Å². The molecule has 1 aromatic carbocycles. The largest absolute Gasteiger partial charge is 0.314 e. The topological polar surface area (TPSA) is 40.7 Å². The van der Waals surface area contributed by atoms with Crippen LogP contribution in [-0.2, 0) is 6.54 Å². The van der Waals surface area contributed by atoms with Gasteiger partial charge in [0.05, 0.1) is 11.9 Å². The fourth-order valence-corrected chi connectivity index (χ4v) is 1.69. The quantitative estimate of drug-likeness (QED) is 0.831. The summed E-state index contributed by atoms with van der Waals surface area (Å²) in [6, 6.07) is 5.09. The van der Waals surface area contributed by atoms with Crippen LogP contribution in [0.5, 0.6) is 0 Å². The second kappa shape index (κ2) is 4.45. The molecule has 2 aromatic rings. The van der Waals surface area contributed by atoms with Gasteiger partial charge in [-0.1, -0.05) is 6.07 Å². The van der Waals surface area contributed by atoms with Crippen molar-refractivity contribution in [1.82, 2.24) is 15.5 Å². The monoisotopic (exact) mass is 219 g/mol. The van der Waals surface area contributed by atoms with Crippen LogP contribution in [-0.4, -0.2) is 17.2 Å². The molecule has 0 aliphatic rings. The molecule has 1 heterocycles. The third-order valence-electron chi connectivity index (χ3n) is 2.54. The summed E-state index contributed by atoms with van der Waals surface area (Å²) in [5.74, 6) is -0.178. The molecule has 84 valence electrons. The fraction of sp³-hybridized carbons (Fsp3) is 0.250. The second-order valence-corrected chi connectivity index (χ2v) is 3.76. The smallest absolute Gasteiger partial charge is 0.126 e. The van der Waals surface area contributed by atoms with Crippen molar-refractivity contribution in [2.75, 3.05) is 7.05 Å². The number of rotatable bonds is 3. The Balaban J connectivity index is 2.42. The highest BCUT2D eigenvalue weighted by Crippen LogP contribution is 2.23. The first kappa shape index (κ1) is 10.8. The van der Waals surface area contributed by atoms with Gasteiger partial charge in [0.15, 0.2) is 0 Å². The van der Waals surface area contributed by atoms with Crippen LogP contribution in [0, 0.1) is 12.7 Å². The summed E-state index contributed by atoms with van der Waals surface area (Å²) in [5, 5.41) is 10.0. The number of nitrogens with zero attached hydrogens (tertiary/aromatic N) is 1. The molecule has 1 aromatic heterocycles. The molecule has 0 spiro atoms. The minimum Gasteiger partial charge on any atom is -0.314 e. The van der Waals surface area contributed by atoms with Gasteiger partial charge in [0.25, 0.3) is 0 Å². The molecule has 3 nitrogen and oxygen atoms in total. The Morgan fingerprint density at radius 1 is 1.44 bits per heavy atom. The van der Waals surface area contributed by atoms with Gasteiger partial charge in [0, 0.05) is 12.1 Å². The van der Waals surface area contributed by atoms with Crippen LogP contribution in [0.2, 0.25) is 0 Å². The van der Waals surface area contributed by atoms with E-state index in [1.165, 1.54) is 6.07 Å². The van der Waals surface area contributed by atoms with Crippen LogP contribution in [0.25, 0.3) is 11.1 Å². The van der Waals surface area contributed by atoms with E-state index in [9.17, 15) is 4.39 Å². The number of hydrogen-bond acceptors (Lipinski definition) is 2. The van der Waals surface area contributed by atoms with Crippen molar-refractivity contribution in [2.24, 2.45) is 0 Å². The van der Waals surface area contributed by atoms with E-state index in [0.717, 1.165) is 16.8 Å². The molecule has 16 heavy (non-hydrogen) atoms. The average Bonchev–Trinajstić information content (AvgIpc) is 2.71. The van der Waals surface area contributed by atoms with Gasteiger partial charge in [-0.25, -0.2) is 4.39 Å². The van der Waals surface area contributed by atoms with Crippen LogP contribution in [0.3, 0.4) is 0 Å². The Bertz CT molecular complexity index is 491. The Labute approximate surface area is 93.7 Å². The SMILES string of the molecule is CNCc1[nH]ncc1-c1ccc(F)c(C)c1. The summed E-state index contributed by atoms with van der Waals surface area (Å²) in [7, 11) is 1.88. The molecule has 0 radical (unpaired) electrons. The molecule has 4 heteroatoms. The van der Waals surface area contributed by atoms with E-state index in [2.05, 4.69) is 15.5 Å². The number of aryl methyl sites for hydroxylation is 1. The number of benzene rings is 1. The maximum absolute atomic E-state index is 13.2. The number of H-pyrrole nitrogens is 1. The third kappa shape index (κ3) is 1.97. The first-order valence-electron chi connectivity index (χ1n) is 5.15. The lowest BCUT2D eigenvalue weighted by Gasteiger charge is -2.04. The van der Waals surface area contributed by atoms with Crippen molar-refractivity contribution in [1.29, 1.82) is 0 Å². The van der Waals surface area contributed by atoms with Crippen LogP contribution in [0.4, 0.5) is 4.39 Å². The van der Waals surface area contributed by atoms with Gasteiger partial charge in [-0.3, -0.25) is 5.10 Å². The van der Waals surface area contributed by atoms with Gasteiger partial charge >= 0.3 is 0 Å². The molecule has 0 bridgehead atoms. The van der Waals surface area contributed by atoms with Gasteiger partial charge in [0.2, 0.25) is 0 Å². The van der Waals surface area contributed by atoms with Crippen molar-refractivity contribution < 1.29 is 4.39 Å². The summed E-state index contributed by atoms with van der Waals surface area (Å²) in [6.07, 6.45) is 1.76. The highest BCUT2D eigenvalue weighted by molar-refractivity contribution is 5.65. The van der Waals surface area contributed by atoms with E-state index in [1.54, 1.807) is 19.2 Å². The summed E-state index contributed by atoms with van der Waals surface area (Å²) in [5.41, 5.74) is 3.65. The maximum atomic E-state index is 13.2. The van der Waals surface area contributed by atoms with Crippen molar-refractivity contribution in [3.05, 3.63) is 41.5 Å². The van der Waals surface area contributed by atoms with E-state index in [0.29, 0.717) is 12.1 Å². The summed E-state index contributed by atoms with van der Waals surface area (Å²) >= 11 is 0. The van der Waals surface area contributed by atoms with E-state index in [-0.39, 0.29) is 5.82 Å². The van der Waals surface area contributed by atoms with Gasteiger partial charge in [-0.05, 0) is 37.2 Å². The Morgan fingerprint density at radius 2 is 2.25 bits per heavy atom. The molecule has 0 saturated carbocycles. The summed E-state index contributed by atoms with van der Waals surface area (Å²) in [6.45, 7) is 2.47. The Morgan fingerprint density at radius 3 is 2.94 bits per heavy atom. The maximum Gasteiger partial charge on any atom is 0.126 e. The van der Waals surface area contributed by atoms with Gasteiger partial charge in [-0.2, -0.15) is 5.10 Å². The zero-order valence-electron chi connectivity index (χ0n) is 9.34. The van der Waals surface area contributed by atoms with Crippen molar-refractivity contribution in [3.63, 3.8) is 0 Å². The molecule has 2 N–H and O–H groups in total. The van der Waals surface area contributed by atoms with Crippen molar-refractivity contribution in [3.8, 4) is 11.1 Å². The number of aromatic nitrogens is 2. The molecule has 0 unspecified atom stereocenters. The second-order valence-electron chi connectivity index (χ2n) is 3.76. The minimum atomic E-state index is -0.178. The molecule has 0 amide bonds. The lowest BCUT2D eigenvalue weighted by atomic mass is 10.0. The predicted molar refractivity (Wildman–Crippen MR) is 61.5 cm³/mol. The van der Waals surface area contributed by atoms with Crippen LogP contribution in [0.1, 0.15) is 11.3 Å². The molecule has 2 rings (SSSR count). The lowest BCUT2D eigenvalue weighted by Crippen LogP contribution is -2.06. The number of halogens is 1. The molecule has 0 aliphatic carbocycles. The summed E-state index contributed by atoms with van der Waals surface area (Å²) < 4.78 is 13.2. The molecule has 0 atom stereocenters. The van der Waals surface area contributed by atoms with Gasteiger partial charge in [-0.15, -0.1) is 0 Å². The van der Waals surface area contributed by atoms with Crippen LogP contribution < -0.4 is 5.32 Å². The van der Waals surface area contributed by atoms with Gasteiger partial charge in [0.1, 0.15) is 5.82 Å². The number of aromatic amines is 1. The third-order valence-corrected chi connectivity index (χ3v) is 2.54. The molecule has 0 aliphatic heterocycles. The Kier molecular flexibility index (Phi) is 3.01. The molecule has 0 saturated heterocycles. The highest BCUT2D eigenvalue weighted by Gasteiger charge is 2.08. The van der Waals surface area contributed by atoms with E-state index in [4.69, 9.17) is 0 Å². The summed E-state index contributed by atoms with van der Waals surface area (Å²) in [4.78, 5) is 0. The fourth-order valence-electron chi connectivity index (χ4n) is 1.69. The molecular formula is C12H14FN3. The first-order chi connectivity index (χ1) is 7.72. The zero-order valence-corrected chi connectivity index (χ0v) is 9.34. The molecule has 0 fully saturated rings. The van der Waals surface area contributed by atoms with Crippen molar-refractivity contribution in [2.45, 2.75) is 13.5 Å². The minimum absolute atomic E-state index is 0.178. The zero-order chi connectivity index (χ0) is 11.5.